The van der Waals surface area contributed by atoms with Crippen molar-refractivity contribution in [1.82, 2.24) is 35.3 Å². The van der Waals surface area contributed by atoms with Gasteiger partial charge in [0.2, 0.25) is 6.41 Å². The van der Waals surface area contributed by atoms with E-state index in [1.54, 1.807) is 4.68 Å². The quantitative estimate of drug-likeness (QED) is 0.256. The van der Waals surface area contributed by atoms with Crippen LogP contribution in [0.3, 0.4) is 0 Å². The Morgan fingerprint density at radius 1 is 0.955 bits per heavy atom. The molecule has 2 aliphatic heterocycles. The maximum atomic E-state index is 14.0. The Kier molecular flexibility index (Phi) is 8.71. The molecule has 9 nitrogen and oxygen atoms in total. The Bertz CT molecular complexity index is 1620. The first-order valence-electron chi connectivity index (χ1n) is 14.9. The maximum Gasteiger partial charge on any atom is 0.254 e. The number of carbonyl (C=O) groups is 2. The van der Waals surface area contributed by atoms with Crippen molar-refractivity contribution in [1.29, 1.82) is 0 Å². The number of piperidine rings is 1. The van der Waals surface area contributed by atoms with Gasteiger partial charge in [-0.05, 0) is 90.5 Å². The minimum atomic E-state index is -0.355. The second-order valence-electron chi connectivity index (χ2n) is 11.9. The predicted molar refractivity (Wildman–Crippen MR) is 170 cm³/mol. The molecule has 1 unspecified atom stereocenters. The summed E-state index contributed by atoms with van der Waals surface area (Å²) in [5, 5.41) is 15.6. The Morgan fingerprint density at radius 3 is 2.45 bits per heavy atom. The Hall–Kier alpha value is -3.79. The fourth-order valence-corrected chi connectivity index (χ4v) is 7.10. The molecule has 1 atom stereocenters. The molecule has 0 aliphatic carbocycles. The summed E-state index contributed by atoms with van der Waals surface area (Å²) < 4.78 is 1.55. The van der Waals surface area contributed by atoms with Crippen molar-refractivity contribution in [3.05, 3.63) is 105 Å². The van der Waals surface area contributed by atoms with Gasteiger partial charge in [0.15, 0.2) is 0 Å². The molecule has 0 spiro atoms. The van der Waals surface area contributed by atoms with Crippen LogP contribution in [0.2, 0.25) is 10.0 Å². The normalized spacial score (nSPS) is 20.0. The lowest BCUT2D eigenvalue weighted by molar-refractivity contribution is -0.112. The van der Waals surface area contributed by atoms with Crippen LogP contribution in [-0.4, -0.2) is 75.0 Å². The van der Waals surface area contributed by atoms with Crippen LogP contribution in [0.4, 0.5) is 0 Å². The van der Waals surface area contributed by atoms with E-state index in [0.717, 1.165) is 74.1 Å². The molecule has 2 amide bonds. The summed E-state index contributed by atoms with van der Waals surface area (Å²) in [7, 11) is 0. The third-order valence-electron chi connectivity index (χ3n) is 9.52. The van der Waals surface area contributed by atoms with Crippen LogP contribution in [-0.2, 0) is 15.7 Å². The molecule has 6 rings (SSSR count). The minimum absolute atomic E-state index is 0.00934. The lowest BCUT2D eigenvalue weighted by Crippen LogP contribution is -2.51. The van der Waals surface area contributed by atoms with Crippen molar-refractivity contribution in [3.8, 4) is 5.69 Å². The molecule has 1 aromatic heterocycles. The Labute approximate surface area is 267 Å². The van der Waals surface area contributed by atoms with Crippen LogP contribution in [0, 0.1) is 6.92 Å². The topological polar surface area (TPSA) is 96.2 Å². The van der Waals surface area contributed by atoms with Gasteiger partial charge in [-0.15, -0.1) is 5.10 Å². The highest BCUT2D eigenvalue weighted by atomic mass is 35.5. The van der Waals surface area contributed by atoms with Crippen LogP contribution in [0.25, 0.3) is 5.69 Å². The third kappa shape index (κ3) is 5.96. The molecule has 2 aliphatic rings. The number of likely N-dealkylation sites (tertiary alicyclic amines) is 2. The zero-order chi connectivity index (χ0) is 30.7. The molecule has 3 heterocycles. The molecule has 0 radical (unpaired) electrons. The summed E-state index contributed by atoms with van der Waals surface area (Å²) in [5.41, 5.74) is 3.88. The molecule has 11 heteroatoms. The second kappa shape index (κ2) is 12.7. The Balaban J connectivity index is 1.21. The van der Waals surface area contributed by atoms with Gasteiger partial charge in [0.05, 0.1) is 21.3 Å². The lowest BCUT2D eigenvalue weighted by Gasteiger charge is -2.43. The average Bonchev–Trinajstić information content (AvgIpc) is 3.75. The number of aromatic nitrogens is 4. The van der Waals surface area contributed by atoms with Crippen LogP contribution in [0.1, 0.15) is 52.7 Å². The van der Waals surface area contributed by atoms with Gasteiger partial charge in [0.1, 0.15) is 6.33 Å². The van der Waals surface area contributed by atoms with E-state index in [1.807, 2.05) is 60.4 Å². The highest BCUT2D eigenvalue weighted by Crippen LogP contribution is 2.41. The first-order valence-corrected chi connectivity index (χ1v) is 15.7. The molecule has 2 fully saturated rings. The van der Waals surface area contributed by atoms with Gasteiger partial charge in [-0.2, -0.15) is 0 Å². The van der Waals surface area contributed by atoms with Crippen molar-refractivity contribution in [2.75, 3.05) is 32.7 Å². The van der Waals surface area contributed by atoms with E-state index in [2.05, 4.69) is 43.9 Å². The van der Waals surface area contributed by atoms with Crippen LogP contribution in [0.5, 0.6) is 0 Å². The summed E-state index contributed by atoms with van der Waals surface area (Å²) in [6.07, 6.45) is 5.68. The smallest absolute Gasteiger partial charge is 0.254 e. The second-order valence-corrected chi connectivity index (χ2v) is 12.8. The predicted octanol–water partition coefficient (Wildman–Crippen LogP) is 5.19. The zero-order valence-corrected chi connectivity index (χ0v) is 26.1. The number of nitrogens with one attached hydrogen (secondary N) is 1. The van der Waals surface area contributed by atoms with E-state index in [-0.39, 0.29) is 16.9 Å². The molecule has 4 aromatic rings. The average molecular weight is 633 g/mol. The number of rotatable bonds is 9. The number of halogens is 2. The van der Waals surface area contributed by atoms with Gasteiger partial charge in [-0.3, -0.25) is 9.59 Å². The molecule has 44 heavy (non-hydrogen) atoms. The summed E-state index contributed by atoms with van der Waals surface area (Å²) in [6, 6.07) is 21.8. The van der Waals surface area contributed by atoms with Gasteiger partial charge in [-0.1, -0.05) is 65.7 Å². The number of aryl methyl sites for hydroxylation is 1. The highest BCUT2D eigenvalue weighted by Gasteiger charge is 2.43. The lowest BCUT2D eigenvalue weighted by atomic mass is 9.76. The van der Waals surface area contributed by atoms with Crippen LogP contribution >= 0.6 is 23.2 Å². The van der Waals surface area contributed by atoms with E-state index in [1.165, 1.54) is 6.33 Å². The van der Waals surface area contributed by atoms with Gasteiger partial charge in [0, 0.05) is 37.2 Å². The molecule has 2 saturated heterocycles. The van der Waals surface area contributed by atoms with E-state index in [0.29, 0.717) is 28.7 Å². The molecule has 1 N–H and O–H groups in total. The summed E-state index contributed by atoms with van der Waals surface area (Å²) in [6.45, 7) is 5.74. The number of hydrogen-bond acceptors (Lipinski definition) is 6. The van der Waals surface area contributed by atoms with Crippen LogP contribution in [0.15, 0.2) is 73.1 Å². The number of amides is 2. The molecule has 0 bridgehead atoms. The molecule has 228 valence electrons. The summed E-state index contributed by atoms with van der Waals surface area (Å²) in [5.74, 6) is -0.00934. The fraction of sp³-hybridized carbons (Fsp3) is 0.364. The van der Waals surface area contributed by atoms with Gasteiger partial charge < -0.3 is 15.1 Å². The first kappa shape index (κ1) is 30.2. The molecular formula is C33H35Cl2N7O2. The summed E-state index contributed by atoms with van der Waals surface area (Å²) >= 11 is 12.8. The van der Waals surface area contributed by atoms with Crippen LogP contribution < -0.4 is 5.32 Å². The van der Waals surface area contributed by atoms with Crippen molar-refractivity contribution < 1.29 is 9.59 Å². The zero-order valence-electron chi connectivity index (χ0n) is 24.6. The standard InChI is InChI=1S/C33H35Cl2N7O2/c1-24-7-9-27(42-22-37-38-39-42)20-28(24)31(44)41-18-12-32(21-41,26-8-10-29(34)30(35)19-26)11-15-40-16-13-33(14-17-40,36-23-43)25-5-3-2-4-6-25/h2-10,19-20,22-23H,11-18,21H2,1H3,(H,36,43). The third-order valence-corrected chi connectivity index (χ3v) is 10.3. The van der Waals surface area contributed by atoms with E-state index >= 15 is 0 Å². The number of tetrazole rings is 1. The number of benzene rings is 3. The van der Waals surface area contributed by atoms with Gasteiger partial charge >= 0.3 is 0 Å². The van der Waals surface area contributed by atoms with Gasteiger partial charge in [-0.25, -0.2) is 4.68 Å². The maximum absolute atomic E-state index is 14.0. The minimum Gasteiger partial charge on any atom is -0.349 e. The van der Waals surface area contributed by atoms with Crippen molar-refractivity contribution >= 4 is 35.5 Å². The molecule has 3 aromatic carbocycles. The van der Waals surface area contributed by atoms with E-state index in [4.69, 9.17) is 23.2 Å². The van der Waals surface area contributed by atoms with Crippen molar-refractivity contribution in [3.63, 3.8) is 0 Å². The van der Waals surface area contributed by atoms with E-state index in [9.17, 15) is 9.59 Å². The molecular weight excluding hydrogens is 597 g/mol. The van der Waals surface area contributed by atoms with Gasteiger partial charge in [0.25, 0.3) is 5.91 Å². The molecule has 0 saturated carbocycles. The Morgan fingerprint density at radius 2 is 1.75 bits per heavy atom. The highest BCUT2D eigenvalue weighted by molar-refractivity contribution is 6.42. The fourth-order valence-electron chi connectivity index (χ4n) is 6.81. The van der Waals surface area contributed by atoms with Crippen molar-refractivity contribution in [2.24, 2.45) is 0 Å². The SMILES string of the molecule is Cc1ccc(-n2cnnn2)cc1C(=O)N1CCC(CCN2CCC(NC=O)(c3ccccc3)CC2)(c2ccc(Cl)c(Cl)c2)C1. The van der Waals surface area contributed by atoms with Crippen molar-refractivity contribution in [2.45, 2.75) is 43.6 Å². The van der Waals surface area contributed by atoms with E-state index < -0.39 is 0 Å². The largest absolute Gasteiger partial charge is 0.349 e. The summed E-state index contributed by atoms with van der Waals surface area (Å²) in [4.78, 5) is 30.0. The first-order chi connectivity index (χ1) is 21.3. The number of carbonyl (C=O) groups excluding carboxylic acids is 2. The number of hydrogen-bond donors (Lipinski definition) is 1. The number of nitrogens with zero attached hydrogens (tertiary/aromatic N) is 6. The monoisotopic (exact) mass is 631 g/mol.